The number of rotatable bonds is 11. The van der Waals surface area contributed by atoms with Gasteiger partial charge in [0.25, 0.3) is 0 Å². The molecule has 0 bridgehead atoms. The topological polar surface area (TPSA) is 15.3 Å². The van der Waals surface area contributed by atoms with Gasteiger partial charge in [-0.25, -0.2) is 0 Å². The number of nitrogens with one attached hydrogen (secondary N) is 1. The highest BCUT2D eigenvalue weighted by Crippen LogP contribution is 2.47. The third-order valence-electron chi connectivity index (χ3n) is 14.4. The van der Waals surface area contributed by atoms with Crippen LogP contribution in [0.5, 0.6) is 0 Å². The number of anilines is 5. The molecule has 0 unspecified atom stereocenters. The minimum atomic E-state index is 1.05. The van der Waals surface area contributed by atoms with Gasteiger partial charge in [-0.15, -0.1) is 0 Å². The van der Waals surface area contributed by atoms with Crippen LogP contribution in [0.3, 0.4) is 0 Å². The Bertz CT molecular complexity index is 4160. The molecule has 2 nitrogen and oxygen atoms in total. The Morgan fingerprint density at radius 3 is 1.35 bits per heavy atom. The molecule has 13 aromatic carbocycles. The monoisotopic (exact) mass is 942 g/mol. The lowest BCUT2D eigenvalue weighted by Crippen LogP contribution is -2.10. The lowest BCUT2D eigenvalue weighted by Gasteiger charge is -2.27. The molecule has 13 aromatic rings. The molecule has 0 spiro atoms. The van der Waals surface area contributed by atoms with Crippen LogP contribution in [0.15, 0.2) is 297 Å². The molecule has 1 N–H and O–H groups in total. The van der Waals surface area contributed by atoms with E-state index in [9.17, 15) is 0 Å². The van der Waals surface area contributed by atoms with E-state index in [2.05, 4.69) is 301 Å². The number of fused-ring (bicyclic) bond motifs is 4. The van der Waals surface area contributed by atoms with Gasteiger partial charge in [0.2, 0.25) is 0 Å². The fourth-order valence-corrected chi connectivity index (χ4v) is 11.0. The van der Waals surface area contributed by atoms with Crippen molar-refractivity contribution in [2.75, 3.05) is 10.2 Å². The van der Waals surface area contributed by atoms with Crippen molar-refractivity contribution in [2.45, 2.75) is 0 Å². The second-order valence-corrected chi connectivity index (χ2v) is 18.9. The van der Waals surface area contributed by atoms with Crippen molar-refractivity contribution in [1.82, 2.24) is 0 Å². The highest BCUT2D eigenvalue weighted by Gasteiger charge is 2.21. The van der Waals surface area contributed by atoms with Crippen LogP contribution in [0, 0.1) is 0 Å². The molecule has 0 aromatic heterocycles. The maximum atomic E-state index is 3.70. The van der Waals surface area contributed by atoms with E-state index in [1.807, 2.05) is 6.07 Å². The number of nitrogens with zero attached hydrogens (tertiary/aromatic N) is 1. The van der Waals surface area contributed by atoms with Crippen molar-refractivity contribution in [3.05, 3.63) is 297 Å². The molecule has 0 aliphatic rings. The van der Waals surface area contributed by atoms with Crippen LogP contribution in [0.4, 0.5) is 28.4 Å². The Morgan fingerprint density at radius 1 is 0.230 bits per heavy atom. The van der Waals surface area contributed by atoms with Gasteiger partial charge in [0.05, 0.1) is 0 Å². The Balaban J connectivity index is 0.983. The quantitative estimate of drug-likeness (QED) is 0.130. The highest BCUT2D eigenvalue weighted by atomic mass is 15.1. The van der Waals surface area contributed by atoms with E-state index in [-0.39, 0.29) is 0 Å². The van der Waals surface area contributed by atoms with E-state index in [4.69, 9.17) is 0 Å². The van der Waals surface area contributed by atoms with Crippen LogP contribution in [0.1, 0.15) is 0 Å². The van der Waals surface area contributed by atoms with Gasteiger partial charge in [-0.2, -0.15) is 0 Å². The molecule has 0 atom stereocenters. The van der Waals surface area contributed by atoms with Crippen LogP contribution in [0.25, 0.3) is 99.1 Å². The second kappa shape index (κ2) is 19.4. The van der Waals surface area contributed by atoms with E-state index in [0.717, 1.165) is 67.4 Å². The third kappa shape index (κ3) is 8.35. The van der Waals surface area contributed by atoms with Gasteiger partial charge in [0, 0.05) is 34.0 Å². The predicted octanol–water partition coefficient (Wildman–Crippen LogP) is 20.4. The summed E-state index contributed by atoms with van der Waals surface area (Å²) < 4.78 is 0. The molecule has 0 fully saturated rings. The van der Waals surface area contributed by atoms with E-state index in [1.54, 1.807) is 0 Å². The SMILES string of the molecule is c1ccc(Nc2ccccc2-c2ccccc2-c2cccc(N(c3cccc(-c4ccc5c(c4)c(-c4ccccc4)c(-c4ccccc4)c4ccccc45)c3)c3cccc(-c4cccc5ccccc45)c3)c2)cc1. The molecule has 348 valence electrons. The Morgan fingerprint density at radius 2 is 0.662 bits per heavy atom. The number of benzene rings is 13. The minimum Gasteiger partial charge on any atom is -0.355 e. The zero-order valence-corrected chi connectivity index (χ0v) is 40.7. The molecule has 74 heavy (non-hydrogen) atoms. The summed E-state index contributed by atoms with van der Waals surface area (Å²) in [5.41, 5.74) is 19.4. The Kier molecular flexibility index (Phi) is 11.6. The lowest BCUT2D eigenvalue weighted by molar-refractivity contribution is 1.28. The zero-order chi connectivity index (χ0) is 49.2. The van der Waals surface area contributed by atoms with Gasteiger partial charge in [0.15, 0.2) is 0 Å². The van der Waals surface area contributed by atoms with Gasteiger partial charge in [-0.3, -0.25) is 0 Å². The fourth-order valence-electron chi connectivity index (χ4n) is 11.0. The van der Waals surface area contributed by atoms with Crippen molar-refractivity contribution in [2.24, 2.45) is 0 Å². The summed E-state index contributed by atoms with van der Waals surface area (Å²) in [7, 11) is 0. The van der Waals surface area contributed by atoms with Crippen molar-refractivity contribution in [3.8, 4) is 66.8 Å². The van der Waals surface area contributed by atoms with Gasteiger partial charge >= 0.3 is 0 Å². The van der Waals surface area contributed by atoms with E-state index < -0.39 is 0 Å². The second-order valence-electron chi connectivity index (χ2n) is 18.9. The number of para-hydroxylation sites is 2. The summed E-state index contributed by atoms with van der Waals surface area (Å²) in [6, 6.07) is 108. The maximum Gasteiger partial charge on any atom is 0.0467 e. The standard InChI is InChI=1S/C72H50N2/c1-4-23-51(24-5-1)71-68-41-15-14-39-65(68)66-45-44-54(49-69(66)72(71)52-25-6-2-7-26-52)53-28-18-33-58(46-53)74(59-34-19-29-55(47-59)62-42-21-27-50-22-10-11-36-61(50)62)60-35-20-30-56(48-60)63-37-12-13-38-64(63)67-40-16-17-43-70(67)73-57-31-8-3-9-32-57/h1-49,73H. The van der Waals surface area contributed by atoms with Gasteiger partial charge in [-0.1, -0.05) is 237 Å². The van der Waals surface area contributed by atoms with Crippen molar-refractivity contribution in [1.29, 1.82) is 0 Å². The average molecular weight is 943 g/mol. The first-order valence-corrected chi connectivity index (χ1v) is 25.4. The summed E-state index contributed by atoms with van der Waals surface area (Å²) in [6.07, 6.45) is 0. The zero-order valence-electron chi connectivity index (χ0n) is 40.7. The van der Waals surface area contributed by atoms with E-state index in [1.165, 1.54) is 60.1 Å². The van der Waals surface area contributed by atoms with Crippen LogP contribution in [0.2, 0.25) is 0 Å². The molecule has 0 aliphatic carbocycles. The van der Waals surface area contributed by atoms with Crippen molar-refractivity contribution < 1.29 is 0 Å². The minimum absolute atomic E-state index is 1.05. The molecule has 0 amide bonds. The molecule has 0 heterocycles. The fraction of sp³-hybridized carbons (Fsp3) is 0. The summed E-state index contributed by atoms with van der Waals surface area (Å²) in [4.78, 5) is 2.42. The van der Waals surface area contributed by atoms with E-state index >= 15 is 0 Å². The number of hydrogen-bond acceptors (Lipinski definition) is 2. The molecule has 2 heteroatoms. The summed E-state index contributed by atoms with van der Waals surface area (Å²) in [6.45, 7) is 0. The normalized spacial score (nSPS) is 11.2. The molecule has 0 saturated carbocycles. The first kappa shape index (κ1) is 44.2. The summed E-state index contributed by atoms with van der Waals surface area (Å²) in [5.74, 6) is 0. The summed E-state index contributed by atoms with van der Waals surface area (Å²) >= 11 is 0. The Hall–Kier alpha value is -9.76. The van der Waals surface area contributed by atoms with Gasteiger partial charge in [-0.05, 0) is 154 Å². The van der Waals surface area contributed by atoms with Crippen LogP contribution in [-0.4, -0.2) is 0 Å². The van der Waals surface area contributed by atoms with Crippen molar-refractivity contribution >= 4 is 60.8 Å². The maximum absolute atomic E-state index is 3.70. The van der Waals surface area contributed by atoms with Crippen LogP contribution < -0.4 is 10.2 Å². The smallest absolute Gasteiger partial charge is 0.0467 e. The average Bonchev–Trinajstić information content (AvgIpc) is 3.48. The van der Waals surface area contributed by atoms with Crippen LogP contribution >= 0.6 is 0 Å². The summed E-state index contributed by atoms with van der Waals surface area (Å²) in [5, 5.41) is 11.1. The third-order valence-corrected chi connectivity index (χ3v) is 14.4. The molecule has 0 radical (unpaired) electrons. The number of hydrogen-bond donors (Lipinski definition) is 1. The predicted molar refractivity (Wildman–Crippen MR) is 316 cm³/mol. The molecule has 13 rings (SSSR count). The van der Waals surface area contributed by atoms with E-state index in [0.29, 0.717) is 0 Å². The first-order valence-electron chi connectivity index (χ1n) is 25.4. The van der Waals surface area contributed by atoms with Crippen molar-refractivity contribution in [3.63, 3.8) is 0 Å². The van der Waals surface area contributed by atoms with Crippen LogP contribution in [-0.2, 0) is 0 Å². The van der Waals surface area contributed by atoms with Gasteiger partial charge in [0.1, 0.15) is 0 Å². The Labute approximate surface area is 432 Å². The van der Waals surface area contributed by atoms with Gasteiger partial charge < -0.3 is 10.2 Å². The molecule has 0 saturated heterocycles. The highest BCUT2D eigenvalue weighted by molar-refractivity contribution is 6.22. The largest absolute Gasteiger partial charge is 0.355 e. The lowest BCUT2D eigenvalue weighted by atomic mass is 9.84. The first-order chi connectivity index (χ1) is 36.7. The molecular weight excluding hydrogens is 893 g/mol. The molecular formula is C72H50N2. The molecule has 0 aliphatic heterocycles.